The molecule has 2 N–H and O–H groups in total. The molecule has 0 saturated carbocycles. The van der Waals surface area contributed by atoms with Crippen molar-refractivity contribution in [3.63, 3.8) is 0 Å². The number of benzene rings is 4. The molecule has 0 atom stereocenters. The molecule has 260 valence electrons. The van der Waals surface area contributed by atoms with Crippen LogP contribution in [0.1, 0.15) is 29.7 Å². The standard InChI is InChI=1S/C15H9F3N2O2S.C7H4F3NO2.C7H9NS.CO2.CH4/c1-8-2-4-11-13(6-8)23-14(19-11)9-3-5-12(20(21)22)10(7-9)15(16,17)18;8-7(9,10)5-3-1-2-4-6(5)11(12)13;1-5-2-3-6(8)7(9)4-5;2-1-3;/h2-7H,1H3;1-4H;2-4,9H,8H2,1H3;;1H4. The fourth-order valence-corrected chi connectivity index (χ4v) is 5.08. The van der Waals surface area contributed by atoms with Crippen molar-refractivity contribution in [3.05, 3.63) is 121 Å². The van der Waals surface area contributed by atoms with Crippen molar-refractivity contribution in [2.24, 2.45) is 0 Å². The highest BCUT2D eigenvalue weighted by atomic mass is 32.1. The minimum atomic E-state index is -4.80. The number of nitro groups is 2. The van der Waals surface area contributed by atoms with Crippen molar-refractivity contribution < 1.29 is 45.8 Å². The van der Waals surface area contributed by atoms with Crippen LogP contribution >= 0.6 is 24.0 Å². The van der Waals surface area contributed by atoms with Crippen LogP contribution in [0.4, 0.5) is 43.4 Å². The number of carbonyl (C=O) groups excluding carboxylic acids is 2. The summed E-state index contributed by atoms with van der Waals surface area (Å²) in [5, 5.41) is 21.4. The van der Waals surface area contributed by atoms with E-state index in [1.54, 1.807) is 6.07 Å². The highest BCUT2D eigenvalue weighted by molar-refractivity contribution is 7.80. The number of alkyl halides is 6. The van der Waals surface area contributed by atoms with Gasteiger partial charge in [-0.15, -0.1) is 24.0 Å². The van der Waals surface area contributed by atoms with Crippen molar-refractivity contribution in [1.29, 1.82) is 0 Å². The number of hydrogen-bond donors (Lipinski definition) is 2. The average molecular weight is 729 g/mol. The lowest BCUT2D eigenvalue weighted by Crippen LogP contribution is -2.09. The highest BCUT2D eigenvalue weighted by Crippen LogP contribution is 2.40. The molecular formula is C31H26F6N4O6S2. The Labute approximate surface area is 283 Å². The van der Waals surface area contributed by atoms with Crippen LogP contribution in [-0.4, -0.2) is 21.0 Å². The van der Waals surface area contributed by atoms with Gasteiger partial charge in [0.2, 0.25) is 0 Å². The predicted octanol–water partition coefficient (Wildman–Crippen LogP) is 9.73. The van der Waals surface area contributed by atoms with Crippen LogP contribution in [0.5, 0.6) is 0 Å². The number of nitrogens with two attached hydrogens (primary N) is 1. The van der Waals surface area contributed by atoms with E-state index in [9.17, 15) is 46.6 Å². The SMILES string of the molecule is C.Cc1ccc(N)c(S)c1.Cc1ccc2nc(-c3ccc([N+](=O)[O-])c(C(F)(F)F)c3)sc2c1.O=C=O.O=[N+]([O-])c1ccccc1C(F)(F)F. The van der Waals surface area contributed by atoms with Crippen molar-refractivity contribution in [2.45, 2.75) is 38.5 Å². The van der Waals surface area contributed by atoms with Gasteiger partial charge in [0.15, 0.2) is 0 Å². The minimum absolute atomic E-state index is 0. The quantitative estimate of drug-likeness (QED) is 0.0611. The van der Waals surface area contributed by atoms with Crippen molar-refractivity contribution in [2.75, 3.05) is 5.73 Å². The number of nitro benzene ring substituents is 2. The summed E-state index contributed by atoms with van der Waals surface area (Å²) in [7, 11) is 0. The van der Waals surface area contributed by atoms with Crippen LogP contribution in [0, 0.1) is 34.1 Å². The van der Waals surface area contributed by atoms with Crippen LogP contribution in [0.2, 0.25) is 0 Å². The molecule has 0 aliphatic rings. The lowest BCUT2D eigenvalue weighted by molar-refractivity contribution is -0.388. The van der Waals surface area contributed by atoms with E-state index in [4.69, 9.17) is 15.3 Å². The van der Waals surface area contributed by atoms with Gasteiger partial charge in [-0.1, -0.05) is 31.7 Å². The number of thiazole rings is 1. The molecule has 0 fully saturated rings. The fourth-order valence-electron chi connectivity index (χ4n) is 3.74. The highest BCUT2D eigenvalue weighted by Gasteiger charge is 2.39. The van der Waals surface area contributed by atoms with Gasteiger partial charge in [0, 0.05) is 28.3 Å². The van der Waals surface area contributed by atoms with Crippen LogP contribution < -0.4 is 5.73 Å². The maximum absolute atomic E-state index is 13.0. The van der Waals surface area contributed by atoms with Gasteiger partial charge in [0.1, 0.15) is 16.1 Å². The molecule has 5 rings (SSSR count). The Bertz CT molecular complexity index is 1960. The molecule has 10 nitrogen and oxygen atoms in total. The molecule has 0 aliphatic heterocycles. The molecule has 0 amide bonds. The smallest absolute Gasteiger partial charge is 0.398 e. The molecule has 1 heterocycles. The third-order valence-corrected chi connectivity index (χ3v) is 7.34. The summed E-state index contributed by atoms with van der Waals surface area (Å²) in [5.74, 6) is 0. The van der Waals surface area contributed by atoms with Crippen LogP contribution in [-0.2, 0) is 21.9 Å². The van der Waals surface area contributed by atoms with Crippen molar-refractivity contribution >= 4 is 57.4 Å². The Kier molecular flexibility index (Phi) is 15.1. The van der Waals surface area contributed by atoms with E-state index in [-0.39, 0.29) is 19.1 Å². The van der Waals surface area contributed by atoms with Crippen LogP contribution in [0.3, 0.4) is 0 Å². The first-order chi connectivity index (χ1) is 22.3. The van der Waals surface area contributed by atoms with E-state index >= 15 is 0 Å². The minimum Gasteiger partial charge on any atom is -0.398 e. The van der Waals surface area contributed by atoms with Gasteiger partial charge in [-0.3, -0.25) is 20.2 Å². The van der Waals surface area contributed by atoms with Gasteiger partial charge >= 0.3 is 18.5 Å². The lowest BCUT2D eigenvalue weighted by atomic mass is 10.1. The van der Waals surface area contributed by atoms with E-state index in [0.29, 0.717) is 16.6 Å². The van der Waals surface area contributed by atoms with Crippen molar-refractivity contribution in [3.8, 4) is 10.6 Å². The Hall–Kier alpha value is -5.32. The molecule has 0 spiro atoms. The van der Waals surface area contributed by atoms with Gasteiger partial charge in [-0.2, -0.15) is 35.9 Å². The molecule has 0 radical (unpaired) electrons. The van der Waals surface area contributed by atoms with Gasteiger partial charge in [0.25, 0.3) is 11.4 Å². The summed E-state index contributed by atoms with van der Waals surface area (Å²) >= 11 is 5.39. The van der Waals surface area contributed by atoms with Gasteiger partial charge in [-0.05, 0) is 67.4 Å². The second-order valence-electron chi connectivity index (χ2n) is 9.39. The molecule has 5 aromatic rings. The molecule has 0 bridgehead atoms. The summed E-state index contributed by atoms with van der Waals surface area (Å²) in [6, 6.07) is 18.1. The third-order valence-electron chi connectivity index (χ3n) is 5.88. The number of hydrogen-bond acceptors (Lipinski definition) is 10. The van der Waals surface area contributed by atoms with Gasteiger partial charge in [0.05, 0.1) is 20.1 Å². The van der Waals surface area contributed by atoms with E-state index in [0.717, 1.165) is 45.1 Å². The first-order valence-electron chi connectivity index (χ1n) is 12.9. The van der Waals surface area contributed by atoms with E-state index in [2.05, 4.69) is 17.6 Å². The zero-order valence-corrected chi connectivity index (χ0v) is 26.2. The number of fused-ring (bicyclic) bond motifs is 1. The second-order valence-corrected chi connectivity index (χ2v) is 10.9. The van der Waals surface area contributed by atoms with E-state index < -0.39 is 44.7 Å². The summed E-state index contributed by atoms with van der Waals surface area (Å²) in [6.45, 7) is 3.92. The number of para-hydroxylation sites is 1. The molecular weight excluding hydrogens is 702 g/mol. The number of rotatable bonds is 3. The maximum Gasteiger partial charge on any atom is 0.423 e. The zero-order valence-electron chi connectivity index (χ0n) is 24.5. The fraction of sp³-hybridized carbons (Fsp3) is 0.161. The Balaban J connectivity index is 0.000000390. The molecule has 0 saturated heterocycles. The molecule has 18 heteroatoms. The number of thiol groups is 1. The van der Waals surface area contributed by atoms with E-state index in [1.807, 2.05) is 44.2 Å². The number of anilines is 1. The molecule has 4 aromatic carbocycles. The normalized spacial score (nSPS) is 10.5. The third kappa shape index (κ3) is 12.0. The first-order valence-corrected chi connectivity index (χ1v) is 14.1. The number of nitrogen functional groups attached to an aromatic ring is 1. The molecule has 0 unspecified atom stereocenters. The van der Waals surface area contributed by atoms with Crippen LogP contribution in [0.15, 0.2) is 83.8 Å². The molecule has 1 aromatic heterocycles. The Morgan fingerprint density at radius 3 is 1.78 bits per heavy atom. The summed E-state index contributed by atoms with van der Waals surface area (Å²) in [5.41, 5.74) is 4.98. The Morgan fingerprint density at radius 2 is 1.29 bits per heavy atom. The summed E-state index contributed by atoms with van der Waals surface area (Å²) in [6.07, 6.45) is -9.23. The zero-order chi connectivity index (χ0) is 36.4. The van der Waals surface area contributed by atoms with Gasteiger partial charge in [-0.25, -0.2) is 4.98 Å². The lowest BCUT2D eigenvalue weighted by Gasteiger charge is -2.08. The topological polar surface area (TPSA) is 159 Å². The number of halogens is 6. The monoisotopic (exact) mass is 728 g/mol. The van der Waals surface area contributed by atoms with E-state index in [1.165, 1.54) is 29.0 Å². The number of aromatic nitrogens is 1. The largest absolute Gasteiger partial charge is 0.423 e. The molecule has 0 aliphatic carbocycles. The first kappa shape index (κ1) is 41.7. The van der Waals surface area contributed by atoms with Crippen molar-refractivity contribution in [1.82, 2.24) is 4.98 Å². The Morgan fingerprint density at radius 1 is 0.776 bits per heavy atom. The maximum atomic E-state index is 13.0. The summed E-state index contributed by atoms with van der Waals surface area (Å²) in [4.78, 5) is 40.3. The summed E-state index contributed by atoms with van der Waals surface area (Å²) < 4.78 is 76.3. The van der Waals surface area contributed by atoms with Gasteiger partial charge < -0.3 is 5.73 Å². The number of aryl methyl sites for hydroxylation is 2. The second kappa shape index (κ2) is 17.7. The predicted molar refractivity (Wildman–Crippen MR) is 174 cm³/mol. The average Bonchev–Trinajstić information content (AvgIpc) is 3.42. The molecule has 49 heavy (non-hydrogen) atoms. The number of nitrogens with zero attached hydrogens (tertiary/aromatic N) is 3. The van der Waals surface area contributed by atoms with Crippen LogP contribution in [0.25, 0.3) is 20.8 Å².